The molecule has 1 aromatic heterocycles. The molecule has 1 N–H and O–H groups in total. The first kappa shape index (κ1) is 16.6. The predicted octanol–water partition coefficient (Wildman–Crippen LogP) is 5.17. The number of hydrogen-bond acceptors (Lipinski definition) is 3. The average Bonchev–Trinajstić information content (AvgIpc) is 3.03. The normalized spacial score (nSPS) is 24.8. The molecule has 0 spiro atoms. The van der Waals surface area contributed by atoms with Gasteiger partial charge in [0.05, 0.1) is 4.88 Å². The molecule has 0 saturated heterocycles. The first-order chi connectivity index (χ1) is 12.0. The molecular weight excluding hydrogens is 330 g/mol. The van der Waals surface area contributed by atoms with Gasteiger partial charge in [0.25, 0.3) is 5.91 Å². The minimum atomic E-state index is 0.0699. The van der Waals surface area contributed by atoms with Gasteiger partial charge in [0.15, 0.2) is 0 Å². The lowest BCUT2D eigenvalue weighted by atomic mass is 9.78. The zero-order chi connectivity index (χ0) is 17.6. The Bertz CT molecular complexity index is 810. The van der Waals surface area contributed by atoms with Gasteiger partial charge in [0.2, 0.25) is 0 Å². The molecule has 0 unspecified atom stereocenters. The van der Waals surface area contributed by atoms with Crippen LogP contribution in [0.5, 0.6) is 5.75 Å². The van der Waals surface area contributed by atoms with E-state index in [1.54, 1.807) is 11.3 Å². The topological polar surface area (TPSA) is 38.3 Å². The first-order valence-electron chi connectivity index (χ1n) is 9.21. The summed E-state index contributed by atoms with van der Waals surface area (Å²) in [5, 5.41) is 3.29. The van der Waals surface area contributed by atoms with E-state index >= 15 is 0 Å². The Morgan fingerprint density at radius 3 is 2.96 bits per heavy atom. The van der Waals surface area contributed by atoms with Gasteiger partial charge in [-0.1, -0.05) is 38.8 Å². The van der Waals surface area contributed by atoms with E-state index in [4.69, 9.17) is 4.74 Å². The van der Waals surface area contributed by atoms with E-state index in [1.165, 1.54) is 23.3 Å². The summed E-state index contributed by atoms with van der Waals surface area (Å²) in [5.74, 6) is 2.22. The number of carbonyl (C=O) groups excluding carboxylic acids is 1. The largest absolute Gasteiger partial charge is 0.488 e. The highest BCUT2D eigenvalue weighted by atomic mass is 32.1. The molecular formula is C21H25NO2S. The fourth-order valence-electron chi connectivity index (χ4n) is 4.09. The molecule has 1 amide bonds. The van der Waals surface area contributed by atoms with E-state index in [0.717, 1.165) is 28.2 Å². The third kappa shape index (κ3) is 2.97. The Morgan fingerprint density at radius 2 is 2.12 bits per heavy atom. The van der Waals surface area contributed by atoms with Crippen molar-refractivity contribution in [2.75, 3.05) is 0 Å². The lowest BCUT2D eigenvalue weighted by molar-refractivity contribution is 0.0895. The van der Waals surface area contributed by atoms with Crippen molar-refractivity contribution in [1.29, 1.82) is 0 Å². The molecule has 0 bridgehead atoms. The highest BCUT2D eigenvalue weighted by Gasteiger charge is 2.30. The molecule has 1 fully saturated rings. The number of rotatable bonds is 2. The molecule has 1 saturated carbocycles. The zero-order valence-corrected chi connectivity index (χ0v) is 15.9. The summed E-state index contributed by atoms with van der Waals surface area (Å²) in [4.78, 5) is 14.8. The van der Waals surface area contributed by atoms with Gasteiger partial charge < -0.3 is 10.1 Å². The van der Waals surface area contributed by atoms with E-state index in [-0.39, 0.29) is 5.91 Å². The van der Waals surface area contributed by atoms with Crippen molar-refractivity contribution in [3.63, 3.8) is 0 Å². The van der Waals surface area contributed by atoms with Crippen LogP contribution in [0.15, 0.2) is 24.3 Å². The third-order valence-electron chi connectivity index (χ3n) is 5.90. The van der Waals surface area contributed by atoms with E-state index in [0.29, 0.717) is 24.5 Å². The van der Waals surface area contributed by atoms with Crippen molar-refractivity contribution in [3.05, 3.63) is 40.3 Å². The molecule has 1 aliphatic carbocycles. The Morgan fingerprint density at radius 1 is 1.28 bits per heavy atom. The number of aryl methyl sites for hydroxylation is 1. The molecule has 0 radical (unpaired) electrons. The third-order valence-corrected chi connectivity index (χ3v) is 7.09. The van der Waals surface area contributed by atoms with Gasteiger partial charge in [-0.25, -0.2) is 0 Å². The summed E-state index contributed by atoms with van der Waals surface area (Å²) >= 11 is 1.60. The average molecular weight is 356 g/mol. The van der Waals surface area contributed by atoms with Crippen LogP contribution >= 0.6 is 11.3 Å². The summed E-state index contributed by atoms with van der Waals surface area (Å²) < 4.78 is 5.88. The first-order valence-corrected chi connectivity index (χ1v) is 10.0. The van der Waals surface area contributed by atoms with Gasteiger partial charge >= 0.3 is 0 Å². The summed E-state index contributed by atoms with van der Waals surface area (Å²) in [6.07, 6.45) is 3.57. The molecule has 132 valence electrons. The maximum atomic E-state index is 12.8. The van der Waals surface area contributed by atoms with Gasteiger partial charge in [-0.15, -0.1) is 11.3 Å². The van der Waals surface area contributed by atoms with Crippen LogP contribution in [0.1, 0.15) is 53.9 Å². The van der Waals surface area contributed by atoms with Crippen molar-refractivity contribution in [1.82, 2.24) is 5.32 Å². The van der Waals surface area contributed by atoms with Crippen molar-refractivity contribution in [2.24, 2.45) is 11.8 Å². The SMILES string of the molecule is Cc1cccc2c1-c1sc(C(=O)N[C@@H]3CCC[C@H](C)[C@@H]3C)cc1CO2. The molecule has 2 heterocycles. The minimum absolute atomic E-state index is 0.0699. The molecule has 2 aliphatic rings. The fraction of sp³-hybridized carbons (Fsp3) is 0.476. The van der Waals surface area contributed by atoms with E-state index in [2.05, 4.69) is 32.2 Å². The number of amides is 1. The summed E-state index contributed by atoms with van der Waals surface area (Å²) in [5.41, 5.74) is 3.47. The summed E-state index contributed by atoms with van der Waals surface area (Å²) in [6.45, 7) is 7.21. The van der Waals surface area contributed by atoms with Crippen LogP contribution in [-0.2, 0) is 6.61 Å². The van der Waals surface area contributed by atoms with Crippen LogP contribution in [0.2, 0.25) is 0 Å². The van der Waals surface area contributed by atoms with E-state index < -0.39 is 0 Å². The number of thiophene rings is 1. The second kappa shape index (κ2) is 6.49. The van der Waals surface area contributed by atoms with Gasteiger partial charge in [0.1, 0.15) is 12.4 Å². The molecule has 3 nitrogen and oxygen atoms in total. The minimum Gasteiger partial charge on any atom is -0.488 e. The van der Waals surface area contributed by atoms with Crippen LogP contribution in [0.3, 0.4) is 0 Å². The van der Waals surface area contributed by atoms with Crippen molar-refractivity contribution in [2.45, 2.75) is 52.7 Å². The monoisotopic (exact) mass is 355 g/mol. The quantitative estimate of drug-likeness (QED) is 0.807. The van der Waals surface area contributed by atoms with Crippen molar-refractivity contribution < 1.29 is 9.53 Å². The fourth-order valence-corrected chi connectivity index (χ4v) is 5.28. The van der Waals surface area contributed by atoms with Crippen LogP contribution in [-0.4, -0.2) is 11.9 Å². The molecule has 4 heteroatoms. The number of benzene rings is 1. The van der Waals surface area contributed by atoms with E-state index in [9.17, 15) is 4.79 Å². The highest BCUT2D eigenvalue weighted by Crippen LogP contribution is 2.44. The van der Waals surface area contributed by atoms with Crippen LogP contribution in [0, 0.1) is 18.8 Å². The Balaban J connectivity index is 1.59. The van der Waals surface area contributed by atoms with Gasteiger partial charge in [0, 0.05) is 22.0 Å². The number of hydrogen-bond donors (Lipinski definition) is 1. The maximum absolute atomic E-state index is 12.8. The van der Waals surface area contributed by atoms with Crippen LogP contribution < -0.4 is 10.1 Å². The smallest absolute Gasteiger partial charge is 0.261 e. The molecule has 3 atom stereocenters. The Labute approximate surface area is 153 Å². The number of fused-ring (bicyclic) bond motifs is 3. The molecule has 2 aromatic rings. The van der Waals surface area contributed by atoms with Gasteiger partial charge in [-0.2, -0.15) is 0 Å². The number of carbonyl (C=O) groups is 1. The zero-order valence-electron chi connectivity index (χ0n) is 15.1. The lowest BCUT2D eigenvalue weighted by Crippen LogP contribution is -2.43. The Hall–Kier alpha value is -1.81. The molecule has 4 rings (SSSR count). The lowest BCUT2D eigenvalue weighted by Gasteiger charge is -2.34. The molecule has 1 aromatic carbocycles. The Kier molecular flexibility index (Phi) is 4.32. The van der Waals surface area contributed by atoms with Gasteiger partial charge in [-0.3, -0.25) is 4.79 Å². The van der Waals surface area contributed by atoms with E-state index in [1.807, 2.05) is 18.2 Å². The van der Waals surface area contributed by atoms with Crippen molar-refractivity contribution >= 4 is 17.2 Å². The highest BCUT2D eigenvalue weighted by molar-refractivity contribution is 7.17. The molecule has 1 aliphatic heterocycles. The van der Waals surface area contributed by atoms with Crippen molar-refractivity contribution in [3.8, 4) is 16.2 Å². The predicted molar refractivity (Wildman–Crippen MR) is 102 cm³/mol. The van der Waals surface area contributed by atoms with Crippen LogP contribution in [0.4, 0.5) is 0 Å². The maximum Gasteiger partial charge on any atom is 0.261 e. The summed E-state index contributed by atoms with van der Waals surface area (Å²) in [7, 11) is 0. The second-order valence-electron chi connectivity index (χ2n) is 7.55. The van der Waals surface area contributed by atoms with Gasteiger partial charge in [-0.05, 0) is 42.9 Å². The molecule has 25 heavy (non-hydrogen) atoms. The number of ether oxygens (including phenoxy) is 1. The number of nitrogens with one attached hydrogen (secondary N) is 1. The van der Waals surface area contributed by atoms with Crippen LogP contribution in [0.25, 0.3) is 10.4 Å². The summed E-state index contributed by atoms with van der Waals surface area (Å²) in [6, 6.07) is 8.44. The second-order valence-corrected chi connectivity index (χ2v) is 8.60. The standard InChI is InChI=1S/C21H25NO2S/c1-12-6-4-8-16(14(12)3)22-21(23)18-10-15-11-24-17-9-5-7-13(2)19(17)20(15)25-18/h5,7,9-10,12,14,16H,4,6,8,11H2,1-3H3,(H,22,23)/t12-,14-,16+/m0/s1.